The van der Waals surface area contributed by atoms with Crippen molar-refractivity contribution >= 4 is 49.0 Å². The van der Waals surface area contributed by atoms with E-state index in [9.17, 15) is 9.90 Å². The summed E-state index contributed by atoms with van der Waals surface area (Å²) in [6.07, 6.45) is 20.0. The van der Waals surface area contributed by atoms with Gasteiger partial charge in [-0.2, -0.15) is 0 Å². The van der Waals surface area contributed by atoms with Crippen molar-refractivity contribution in [2.75, 3.05) is 19.0 Å². The number of unbranched alkanes of at least 4 members (excludes halogenated alkanes) is 12. The third kappa shape index (κ3) is 8.74. The first-order chi connectivity index (χ1) is 28.2. The lowest BCUT2D eigenvalue weighted by Crippen LogP contribution is -2.37. The van der Waals surface area contributed by atoms with Gasteiger partial charge < -0.3 is 10.0 Å². The molecular formula is C49H67N5O4. The van der Waals surface area contributed by atoms with Crippen LogP contribution in [0.3, 0.4) is 0 Å². The van der Waals surface area contributed by atoms with Crippen molar-refractivity contribution in [3.63, 3.8) is 0 Å². The van der Waals surface area contributed by atoms with Gasteiger partial charge >= 0.3 is 0 Å². The predicted octanol–water partition coefficient (Wildman–Crippen LogP) is 12.1. The summed E-state index contributed by atoms with van der Waals surface area (Å²) in [6, 6.07) is 11.0. The molecule has 0 fully saturated rings. The number of pyridine rings is 2. The van der Waals surface area contributed by atoms with Crippen LogP contribution in [0.2, 0.25) is 0 Å². The molecule has 3 aromatic carbocycles. The van der Waals surface area contributed by atoms with E-state index in [1.54, 1.807) is 16.7 Å². The van der Waals surface area contributed by atoms with Gasteiger partial charge in [0.2, 0.25) is 5.88 Å². The van der Waals surface area contributed by atoms with Crippen molar-refractivity contribution in [2.45, 2.75) is 168 Å². The van der Waals surface area contributed by atoms with Crippen LogP contribution in [-0.2, 0) is 0 Å². The maximum atomic E-state index is 15.2. The molecule has 6 aromatic rings. The Morgan fingerprint density at radius 1 is 0.517 bits per heavy atom. The first-order valence-electron chi connectivity index (χ1n) is 22.7. The van der Waals surface area contributed by atoms with E-state index >= 15 is 9.59 Å². The van der Waals surface area contributed by atoms with Crippen molar-refractivity contribution in [3.05, 3.63) is 67.5 Å². The number of rotatable bonds is 24. The predicted molar refractivity (Wildman–Crippen MR) is 244 cm³/mol. The highest BCUT2D eigenvalue weighted by Crippen LogP contribution is 2.42. The summed E-state index contributed by atoms with van der Waals surface area (Å²) in [7, 11) is 3.98. The van der Waals surface area contributed by atoms with Crippen LogP contribution in [0.5, 0.6) is 5.88 Å². The molecule has 1 N–H and O–H groups in total. The van der Waals surface area contributed by atoms with E-state index in [0.717, 1.165) is 140 Å². The smallest absolute Gasteiger partial charge is 0.263 e. The third-order valence-electron chi connectivity index (χ3n) is 12.6. The van der Waals surface area contributed by atoms with Gasteiger partial charge in [0.25, 0.3) is 16.7 Å². The number of anilines is 1. The van der Waals surface area contributed by atoms with E-state index in [1.807, 2.05) is 43.3 Å². The zero-order chi connectivity index (χ0) is 41.3. The second-order valence-electron chi connectivity index (χ2n) is 17.0. The lowest BCUT2D eigenvalue weighted by molar-refractivity contribution is 0.334. The monoisotopic (exact) mass is 790 g/mol. The Morgan fingerprint density at radius 2 is 0.931 bits per heavy atom. The molecule has 3 heterocycles. The molecule has 0 amide bonds. The normalized spacial score (nSPS) is 12.2. The third-order valence-corrected chi connectivity index (χ3v) is 12.6. The Morgan fingerprint density at radius 3 is 1.38 bits per heavy atom. The van der Waals surface area contributed by atoms with Crippen molar-refractivity contribution in [1.82, 2.24) is 19.1 Å². The summed E-state index contributed by atoms with van der Waals surface area (Å²) in [5, 5.41) is 14.6. The lowest BCUT2D eigenvalue weighted by Gasteiger charge is -2.24. The van der Waals surface area contributed by atoms with Crippen molar-refractivity contribution < 1.29 is 5.11 Å². The average molecular weight is 790 g/mol. The maximum absolute atomic E-state index is 15.2. The van der Waals surface area contributed by atoms with Gasteiger partial charge in [-0.25, -0.2) is 9.97 Å². The van der Waals surface area contributed by atoms with Gasteiger partial charge in [0, 0.05) is 59.0 Å². The van der Waals surface area contributed by atoms with E-state index in [1.165, 1.54) is 4.57 Å². The quantitative estimate of drug-likeness (QED) is 0.0480. The first kappa shape index (κ1) is 43.1. The Hall–Kier alpha value is -4.53. The van der Waals surface area contributed by atoms with Gasteiger partial charge in [0.15, 0.2) is 5.82 Å². The highest BCUT2D eigenvalue weighted by molar-refractivity contribution is 6.32. The van der Waals surface area contributed by atoms with Gasteiger partial charge in [0.1, 0.15) is 11.0 Å². The number of nitrogens with zero attached hydrogens (tertiary/aromatic N) is 5. The van der Waals surface area contributed by atoms with Crippen LogP contribution in [0.15, 0.2) is 50.8 Å². The molecule has 0 saturated carbocycles. The number of hydrogen-bond acceptors (Lipinski definition) is 7. The Balaban J connectivity index is 1.66. The SMILES string of the molecule is CCCCCCC(CCCCCC)n1c(O)c2ccc3c(=O)n(C(CCCCCC)CCCCCC)c(=O)c4c5nc(-c6ccc(N(C)C)cc6)nc5c(c1=O)c2c34. The molecule has 0 unspecified atom stereocenters. The largest absolute Gasteiger partial charge is 0.494 e. The summed E-state index contributed by atoms with van der Waals surface area (Å²) in [6.45, 7) is 8.76. The standard InChI is InChI=1S/C49H67N5O4/c1-7-11-15-19-23-35(24-20-16-12-8-2)53-46(55)37-31-32-38-40-39(37)41(48(53)57)43-44(51-45(50-43)33-27-29-34(30-28-33)52(5)6)42(40)49(58)54(47(38)56)36(25-21-17-13-9-3)26-22-18-14-10-4/h27-32,35-36,55H,7-26H2,1-6H3. The molecule has 0 atom stereocenters. The molecule has 0 bridgehead atoms. The Labute approximate surface area is 344 Å². The van der Waals surface area contributed by atoms with E-state index in [-0.39, 0.29) is 34.6 Å². The van der Waals surface area contributed by atoms with E-state index in [4.69, 9.17) is 9.97 Å². The van der Waals surface area contributed by atoms with Gasteiger partial charge in [-0.05, 0) is 62.1 Å². The Bertz CT molecular complexity index is 2410. The zero-order valence-electron chi connectivity index (χ0n) is 36.2. The maximum Gasteiger partial charge on any atom is 0.263 e. The second-order valence-corrected chi connectivity index (χ2v) is 17.0. The van der Waals surface area contributed by atoms with Gasteiger partial charge in [0.05, 0.1) is 10.8 Å². The fraction of sp³-hybridized carbons (Fsp3) is 0.571. The minimum Gasteiger partial charge on any atom is -0.494 e. The Kier molecular flexibility index (Phi) is 14.8. The van der Waals surface area contributed by atoms with Crippen molar-refractivity contribution in [3.8, 4) is 17.3 Å². The lowest BCUT2D eigenvalue weighted by atomic mass is 9.93. The van der Waals surface area contributed by atoms with Gasteiger partial charge in [-0.15, -0.1) is 0 Å². The molecule has 0 aliphatic heterocycles. The molecule has 0 aliphatic carbocycles. The topological polar surface area (TPSA) is 110 Å². The number of hydrogen-bond donors (Lipinski definition) is 1. The van der Waals surface area contributed by atoms with Crippen LogP contribution in [0.1, 0.15) is 168 Å². The van der Waals surface area contributed by atoms with Crippen LogP contribution >= 0.6 is 0 Å². The molecule has 312 valence electrons. The molecule has 6 rings (SSSR count). The van der Waals surface area contributed by atoms with Crippen molar-refractivity contribution in [2.24, 2.45) is 0 Å². The minimum atomic E-state index is -0.379. The molecule has 3 aromatic heterocycles. The highest BCUT2D eigenvalue weighted by atomic mass is 16.3. The second kappa shape index (κ2) is 20.0. The van der Waals surface area contributed by atoms with Crippen LogP contribution in [-0.4, -0.2) is 38.3 Å². The molecule has 9 heteroatoms. The molecule has 58 heavy (non-hydrogen) atoms. The first-order valence-corrected chi connectivity index (χ1v) is 22.7. The summed E-state index contributed by atoms with van der Waals surface area (Å²) >= 11 is 0. The number of benzene rings is 3. The zero-order valence-corrected chi connectivity index (χ0v) is 36.2. The van der Waals surface area contributed by atoms with E-state index in [2.05, 4.69) is 27.7 Å². The molecule has 0 radical (unpaired) electrons. The minimum absolute atomic E-state index is 0.101. The summed E-state index contributed by atoms with van der Waals surface area (Å²) in [5.41, 5.74) is 1.46. The summed E-state index contributed by atoms with van der Waals surface area (Å²) in [5.74, 6) is 0.323. The fourth-order valence-electron chi connectivity index (χ4n) is 9.26. The molecule has 0 aliphatic rings. The van der Waals surface area contributed by atoms with Crippen LogP contribution in [0, 0.1) is 0 Å². The van der Waals surface area contributed by atoms with Crippen LogP contribution in [0.25, 0.3) is 54.7 Å². The number of aromatic hydroxyl groups is 1. The number of fused-ring (bicyclic) bond motifs is 3. The fourth-order valence-corrected chi connectivity index (χ4v) is 9.26. The summed E-state index contributed by atoms with van der Waals surface area (Å²) in [4.78, 5) is 57.4. The number of aromatic nitrogens is 4. The van der Waals surface area contributed by atoms with Gasteiger partial charge in [-0.3, -0.25) is 23.5 Å². The highest BCUT2D eigenvalue weighted by Gasteiger charge is 2.30. The van der Waals surface area contributed by atoms with Crippen LogP contribution < -0.4 is 21.6 Å². The molecule has 0 saturated heterocycles. The van der Waals surface area contributed by atoms with E-state index in [0.29, 0.717) is 49.2 Å². The van der Waals surface area contributed by atoms with Crippen LogP contribution in [0.4, 0.5) is 5.69 Å². The average Bonchev–Trinajstić information content (AvgIpc) is 3.66. The molecule has 9 nitrogen and oxygen atoms in total. The number of imidazole rings is 1. The van der Waals surface area contributed by atoms with Crippen molar-refractivity contribution in [1.29, 1.82) is 0 Å². The molecule has 0 spiro atoms. The van der Waals surface area contributed by atoms with Gasteiger partial charge in [-0.1, -0.05) is 130 Å². The molecular weight excluding hydrogens is 723 g/mol. The van der Waals surface area contributed by atoms with E-state index < -0.39 is 0 Å². The summed E-state index contributed by atoms with van der Waals surface area (Å²) < 4.78 is 3.12.